The first-order valence-corrected chi connectivity index (χ1v) is 9.88. The van der Waals surface area contributed by atoms with Crippen LogP contribution in [0.5, 0.6) is 5.75 Å². The lowest BCUT2D eigenvalue weighted by atomic mass is 10.2. The maximum atomic E-state index is 12.8. The maximum Gasteiger partial charge on any atom is 0.329 e. The van der Waals surface area contributed by atoms with E-state index in [1.54, 1.807) is 27.3 Å². The number of fused-ring (bicyclic) bond motifs is 1. The number of imidazole rings is 1. The van der Waals surface area contributed by atoms with Gasteiger partial charge in [0.25, 0.3) is 0 Å². The van der Waals surface area contributed by atoms with Gasteiger partial charge < -0.3 is 15.4 Å². The van der Waals surface area contributed by atoms with Gasteiger partial charge in [-0.2, -0.15) is 0 Å². The summed E-state index contributed by atoms with van der Waals surface area (Å²) >= 11 is 0. The number of hydrogen-bond acceptors (Lipinski definition) is 4. The van der Waals surface area contributed by atoms with Crippen molar-refractivity contribution in [2.24, 2.45) is 0 Å². The van der Waals surface area contributed by atoms with Crippen LogP contribution in [0.2, 0.25) is 0 Å². The highest BCUT2D eigenvalue weighted by Gasteiger charge is 2.14. The van der Waals surface area contributed by atoms with Gasteiger partial charge in [-0.3, -0.25) is 18.7 Å². The molecule has 0 atom stereocenters. The van der Waals surface area contributed by atoms with Gasteiger partial charge in [0.2, 0.25) is 11.8 Å². The SMILES string of the molecule is CCCn1c(=O)n(CCC(=O)Nc2cc(OC)ccc2NC(C)=O)c2ccccc21. The second-order valence-corrected chi connectivity index (χ2v) is 6.97. The molecule has 1 aromatic heterocycles. The van der Waals surface area contributed by atoms with E-state index >= 15 is 0 Å². The van der Waals surface area contributed by atoms with Gasteiger partial charge in [0.1, 0.15) is 5.75 Å². The fraction of sp³-hybridized carbons (Fsp3) is 0.318. The van der Waals surface area contributed by atoms with E-state index < -0.39 is 0 Å². The lowest BCUT2D eigenvalue weighted by Gasteiger charge is -2.13. The van der Waals surface area contributed by atoms with Crippen LogP contribution >= 0.6 is 0 Å². The molecule has 0 bridgehead atoms. The van der Waals surface area contributed by atoms with E-state index in [1.165, 1.54) is 14.0 Å². The number of methoxy groups -OCH3 is 1. The maximum absolute atomic E-state index is 12.8. The van der Waals surface area contributed by atoms with E-state index in [0.29, 0.717) is 23.7 Å². The molecule has 0 unspecified atom stereocenters. The van der Waals surface area contributed by atoms with Crippen molar-refractivity contribution in [3.63, 3.8) is 0 Å². The largest absolute Gasteiger partial charge is 0.497 e. The van der Waals surface area contributed by atoms with Crippen LogP contribution in [0, 0.1) is 0 Å². The number of nitrogens with one attached hydrogen (secondary N) is 2. The smallest absolute Gasteiger partial charge is 0.329 e. The highest BCUT2D eigenvalue weighted by Crippen LogP contribution is 2.27. The summed E-state index contributed by atoms with van der Waals surface area (Å²) in [5.74, 6) is 0.0401. The molecule has 2 aromatic carbocycles. The third kappa shape index (κ3) is 4.53. The molecule has 30 heavy (non-hydrogen) atoms. The molecular formula is C22H26N4O4. The van der Waals surface area contributed by atoms with Crippen LogP contribution in [-0.2, 0) is 22.7 Å². The molecule has 158 valence electrons. The van der Waals surface area contributed by atoms with Gasteiger partial charge in [-0.05, 0) is 30.7 Å². The minimum atomic E-state index is -0.269. The summed E-state index contributed by atoms with van der Waals surface area (Å²) < 4.78 is 8.57. The summed E-state index contributed by atoms with van der Waals surface area (Å²) in [6.07, 6.45) is 0.951. The molecular weight excluding hydrogens is 384 g/mol. The van der Waals surface area contributed by atoms with E-state index in [0.717, 1.165) is 17.5 Å². The average Bonchev–Trinajstić information content (AvgIpc) is 2.99. The molecule has 0 saturated carbocycles. The number of carbonyl (C=O) groups excluding carboxylic acids is 2. The summed E-state index contributed by atoms with van der Waals surface area (Å²) in [6.45, 7) is 4.30. The zero-order valence-corrected chi connectivity index (χ0v) is 17.4. The molecule has 8 heteroatoms. The topological polar surface area (TPSA) is 94.4 Å². The predicted octanol–water partition coefficient (Wildman–Crippen LogP) is 3.21. The molecule has 0 aliphatic carbocycles. The molecule has 0 aliphatic heterocycles. The van der Waals surface area contributed by atoms with Gasteiger partial charge in [0, 0.05) is 32.5 Å². The fourth-order valence-electron chi connectivity index (χ4n) is 3.41. The van der Waals surface area contributed by atoms with E-state index in [9.17, 15) is 14.4 Å². The highest BCUT2D eigenvalue weighted by molar-refractivity contribution is 5.99. The first-order chi connectivity index (χ1) is 14.4. The normalized spacial score (nSPS) is 10.8. The number of nitrogens with zero attached hydrogens (tertiary/aromatic N) is 2. The Morgan fingerprint density at radius 2 is 1.63 bits per heavy atom. The Bertz CT molecular complexity index is 1130. The van der Waals surface area contributed by atoms with Crippen LogP contribution in [0.3, 0.4) is 0 Å². The molecule has 3 rings (SSSR count). The first-order valence-electron chi connectivity index (χ1n) is 9.88. The molecule has 0 aliphatic rings. The van der Waals surface area contributed by atoms with E-state index in [4.69, 9.17) is 4.74 Å². The number of benzene rings is 2. The third-order valence-electron chi connectivity index (χ3n) is 4.75. The van der Waals surface area contributed by atoms with Crippen molar-refractivity contribution in [3.05, 3.63) is 52.9 Å². The lowest BCUT2D eigenvalue weighted by molar-refractivity contribution is -0.116. The van der Waals surface area contributed by atoms with Gasteiger partial charge in [0.15, 0.2) is 0 Å². The van der Waals surface area contributed by atoms with Crippen molar-refractivity contribution >= 4 is 34.2 Å². The van der Waals surface area contributed by atoms with Crippen LogP contribution in [-0.4, -0.2) is 28.1 Å². The van der Waals surface area contributed by atoms with Crippen molar-refractivity contribution < 1.29 is 14.3 Å². The summed E-state index contributed by atoms with van der Waals surface area (Å²) in [7, 11) is 1.53. The zero-order chi connectivity index (χ0) is 21.7. The summed E-state index contributed by atoms with van der Waals surface area (Å²) in [4.78, 5) is 36.9. The first kappa shape index (κ1) is 21.2. The van der Waals surface area contributed by atoms with Crippen LogP contribution in [0.15, 0.2) is 47.3 Å². The minimum Gasteiger partial charge on any atom is -0.497 e. The number of aromatic nitrogens is 2. The number of carbonyl (C=O) groups is 2. The van der Waals surface area contributed by atoms with E-state index in [-0.39, 0.29) is 30.5 Å². The Balaban J connectivity index is 1.80. The number of rotatable bonds is 8. The molecule has 1 heterocycles. The second kappa shape index (κ2) is 9.30. The Kier molecular flexibility index (Phi) is 6.56. The van der Waals surface area contributed by atoms with Crippen LogP contribution in [0.1, 0.15) is 26.7 Å². The fourth-order valence-corrected chi connectivity index (χ4v) is 3.41. The number of hydrogen-bond donors (Lipinski definition) is 2. The Morgan fingerprint density at radius 3 is 2.23 bits per heavy atom. The van der Waals surface area contributed by atoms with Crippen LogP contribution < -0.4 is 21.1 Å². The molecule has 0 spiro atoms. The van der Waals surface area contributed by atoms with E-state index in [1.807, 2.05) is 31.2 Å². The van der Waals surface area contributed by atoms with Crippen LogP contribution in [0.25, 0.3) is 11.0 Å². The Hall–Kier alpha value is -3.55. The Labute approximate surface area is 174 Å². The highest BCUT2D eigenvalue weighted by atomic mass is 16.5. The van der Waals surface area contributed by atoms with Gasteiger partial charge >= 0.3 is 5.69 Å². The molecule has 0 saturated heterocycles. The molecule has 2 N–H and O–H groups in total. The Morgan fingerprint density at radius 1 is 0.967 bits per heavy atom. The van der Waals surface area contributed by atoms with Gasteiger partial charge in [-0.25, -0.2) is 4.79 Å². The molecule has 2 amide bonds. The standard InChI is InChI=1S/C22H26N4O4/c1-4-12-25-19-7-5-6-8-20(19)26(22(25)29)13-11-21(28)24-18-14-16(30-3)9-10-17(18)23-15(2)27/h5-10,14H,4,11-13H2,1-3H3,(H,23,27)(H,24,28). The van der Waals surface area contributed by atoms with Crippen molar-refractivity contribution in [1.29, 1.82) is 0 Å². The lowest BCUT2D eigenvalue weighted by Crippen LogP contribution is -2.26. The van der Waals surface area contributed by atoms with Crippen molar-refractivity contribution in [2.45, 2.75) is 39.8 Å². The summed E-state index contributed by atoms with van der Waals surface area (Å²) in [5, 5.41) is 5.49. The van der Waals surface area contributed by atoms with Gasteiger partial charge in [-0.15, -0.1) is 0 Å². The number of anilines is 2. The zero-order valence-electron chi connectivity index (χ0n) is 17.4. The number of aryl methyl sites for hydroxylation is 2. The summed E-state index contributed by atoms with van der Waals surface area (Å²) in [6, 6.07) is 12.6. The third-order valence-corrected chi connectivity index (χ3v) is 4.75. The molecule has 0 fully saturated rings. The van der Waals surface area contributed by atoms with Crippen LogP contribution in [0.4, 0.5) is 11.4 Å². The van der Waals surface area contributed by atoms with Gasteiger partial charge in [0.05, 0.1) is 29.5 Å². The number of amides is 2. The van der Waals surface area contributed by atoms with Gasteiger partial charge in [-0.1, -0.05) is 19.1 Å². The van der Waals surface area contributed by atoms with Crippen molar-refractivity contribution in [3.8, 4) is 5.75 Å². The molecule has 3 aromatic rings. The van der Waals surface area contributed by atoms with E-state index in [2.05, 4.69) is 10.6 Å². The van der Waals surface area contributed by atoms with Crippen molar-refractivity contribution in [2.75, 3.05) is 17.7 Å². The predicted molar refractivity (Wildman–Crippen MR) is 117 cm³/mol. The molecule has 0 radical (unpaired) electrons. The monoisotopic (exact) mass is 410 g/mol. The second-order valence-electron chi connectivity index (χ2n) is 6.97. The number of ether oxygens (including phenoxy) is 1. The quantitative estimate of drug-likeness (QED) is 0.596. The average molecular weight is 410 g/mol. The summed E-state index contributed by atoms with van der Waals surface area (Å²) in [5.41, 5.74) is 2.48. The van der Waals surface area contributed by atoms with Crippen molar-refractivity contribution in [1.82, 2.24) is 9.13 Å². The molecule has 8 nitrogen and oxygen atoms in total. The number of para-hydroxylation sites is 2. The minimum absolute atomic E-state index is 0.108.